The first-order valence-corrected chi connectivity index (χ1v) is 5.60. The van der Waals surface area contributed by atoms with Gasteiger partial charge in [0.15, 0.2) is 0 Å². The van der Waals surface area contributed by atoms with E-state index in [2.05, 4.69) is 6.92 Å². The van der Waals surface area contributed by atoms with Crippen molar-refractivity contribution in [3.63, 3.8) is 0 Å². The lowest BCUT2D eigenvalue weighted by Gasteiger charge is -2.00. The predicted molar refractivity (Wildman–Crippen MR) is 59.1 cm³/mol. The van der Waals surface area contributed by atoms with Crippen LogP contribution in [0.15, 0.2) is 0 Å². The van der Waals surface area contributed by atoms with Crippen LogP contribution in [0, 0.1) is 5.41 Å². The molecule has 0 spiro atoms. The molecule has 0 rings (SSSR count). The Bertz CT molecular complexity index is 121. The number of hydrogen-bond donors (Lipinski definition) is 2. The standard InChI is InChI=1S/C11H24N2/c1-2-3-4-5-6-7-8-9-10-11(12)13/h2-10H2,1H3,(H3,12,13). The summed E-state index contributed by atoms with van der Waals surface area (Å²) in [4.78, 5) is 0. The van der Waals surface area contributed by atoms with Crippen LogP contribution in [0.5, 0.6) is 0 Å². The van der Waals surface area contributed by atoms with Crippen LogP contribution in [-0.2, 0) is 0 Å². The molecule has 2 nitrogen and oxygen atoms in total. The van der Waals surface area contributed by atoms with Crippen LogP contribution in [-0.4, -0.2) is 5.84 Å². The molecule has 0 atom stereocenters. The molecule has 0 saturated carbocycles. The normalized spacial score (nSPS) is 10.2. The maximum atomic E-state index is 7.04. The lowest BCUT2D eigenvalue weighted by molar-refractivity contribution is 0.579. The summed E-state index contributed by atoms with van der Waals surface area (Å²) in [7, 11) is 0. The van der Waals surface area contributed by atoms with Crippen LogP contribution < -0.4 is 5.73 Å². The summed E-state index contributed by atoms with van der Waals surface area (Å²) in [6, 6.07) is 0. The fraction of sp³-hybridized carbons (Fsp3) is 0.909. The Labute approximate surface area is 82.4 Å². The molecule has 0 unspecified atom stereocenters. The minimum Gasteiger partial charge on any atom is -0.388 e. The zero-order chi connectivity index (χ0) is 9.94. The molecule has 0 saturated heterocycles. The summed E-state index contributed by atoms with van der Waals surface area (Å²) in [5.74, 6) is 0.339. The van der Waals surface area contributed by atoms with Gasteiger partial charge in [0.1, 0.15) is 0 Å². The topological polar surface area (TPSA) is 49.9 Å². The van der Waals surface area contributed by atoms with E-state index in [4.69, 9.17) is 11.1 Å². The fourth-order valence-electron chi connectivity index (χ4n) is 1.45. The van der Waals surface area contributed by atoms with Crippen LogP contribution in [0.3, 0.4) is 0 Å². The van der Waals surface area contributed by atoms with Crippen molar-refractivity contribution >= 4 is 5.84 Å². The van der Waals surface area contributed by atoms with E-state index in [1.54, 1.807) is 0 Å². The second kappa shape index (κ2) is 9.56. The third-order valence-corrected chi connectivity index (χ3v) is 2.30. The summed E-state index contributed by atoms with van der Waals surface area (Å²) in [6.07, 6.45) is 11.3. The molecule has 0 aromatic heterocycles. The van der Waals surface area contributed by atoms with Crippen LogP contribution in [0.4, 0.5) is 0 Å². The Kier molecular flexibility index (Phi) is 9.17. The van der Waals surface area contributed by atoms with E-state index in [9.17, 15) is 0 Å². The van der Waals surface area contributed by atoms with Gasteiger partial charge in [-0.15, -0.1) is 0 Å². The van der Waals surface area contributed by atoms with Gasteiger partial charge in [0.05, 0.1) is 5.84 Å². The van der Waals surface area contributed by atoms with E-state index in [1.165, 1.54) is 44.9 Å². The number of nitrogens with two attached hydrogens (primary N) is 1. The maximum absolute atomic E-state index is 7.04. The van der Waals surface area contributed by atoms with E-state index in [1.807, 2.05) is 0 Å². The molecular weight excluding hydrogens is 160 g/mol. The minimum absolute atomic E-state index is 0.339. The van der Waals surface area contributed by atoms with Gasteiger partial charge in [-0.2, -0.15) is 0 Å². The number of nitrogens with one attached hydrogen (secondary N) is 1. The van der Waals surface area contributed by atoms with Gasteiger partial charge in [-0.1, -0.05) is 51.9 Å². The van der Waals surface area contributed by atoms with Gasteiger partial charge in [-0.05, 0) is 6.42 Å². The van der Waals surface area contributed by atoms with Gasteiger partial charge in [-0.3, -0.25) is 5.41 Å². The molecule has 3 N–H and O–H groups in total. The minimum atomic E-state index is 0.339. The molecule has 13 heavy (non-hydrogen) atoms. The molecule has 0 aliphatic carbocycles. The second-order valence-corrected chi connectivity index (χ2v) is 3.75. The summed E-state index contributed by atoms with van der Waals surface area (Å²) in [5, 5.41) is 7.04. The van der Waals surface area contributed by atoms with Crippen molar-refractivity contribution < 1.29 is 0 Å². The lowest BCUT2D eigenvalue weighted by atomic mass is 10.1. The summed E-state index contributed by atoms with van der Waals surface area (Å²) in [6.45, 7) is 2.24. The van der Waals surface area contributed by atoms with Crippen molar-refractivity contribution in [3.05, 3.63) is 0 Å². The van der Waals surface area contributed by atoms with Crippen LogP contribution >= 0.6 is 0 Å². The molecule has 0 fully saturated rings. The Hall–Kier alpha value is -0.530. The Morgan fingerprint density at radius 1 is 0.923 bits per heavy atom. The fourth-order valence-corrected chi connectivity index (χ4v) is 1.45. The molecule has 0 radical (unpaired) electrons. The highest BCUT2D eigenvalue weighted by molar-refractivity contribution is 5.76. The largest absolute Gasteiger partial charge is 0.388 e. The smallest absolute Gasteiger partial charge is 0.0905 e. The average Bonchev–Trinajstić information content (AvgIpc) is 2.09. The summed E-state index contributed by atoms with van der Waals surface area (Å²) < 4.78 is 0. The van der Waals surface area contributed by atoms with Crippen molar-refractivity contribution in [1.29, 1.82) is 5.41 Å². The van der Waals surface area contributed by atoms with Crippen molar-refractivity contribution in [3.8, 4) is 0 Å². The molecule has 0 bridgehead atoms. The Morgan fingerprint density at radius 2 is 1.38 bits per heavy atom. The molecule has 78 valence electrons. The van der Waals surface area contributed by atoms with Gasteiger partial charge in [0.25, 0.3) is 0 Å². The molecule has 0 aromatic rings. The number of hydrogen-bond acceptors (Lipinski definition) is 1. The quantitative estimate of drug-likeness (QED) is 0.322. The molecule has 0 amide bonds. The number of rotatable bonds is 9. The van der Waals surface area contributed by atoms with Crippen molar-refractivity contribution in [2.75, 3.05) is 0 Å². The average molecular weight is 184 g/mol. The van der Waals surface area contributed by atoms with E-state index < -0.39 is 0 Å². The zero-order valence-corrected chi connectivity index (χ0v) is 8.94. The van der Waals surface area contributed by atoms with Gasteiger partial charge < -0.3 is 5.73 Å². The van der Waals surface area contributed by atoms with Crippen LogP contribution in [0.25, 0.3) is 0 Å². The van der Waals surface area contributed by atoms with E-state index >= 15 is 0 Å². The first-order valence-electron chi connectivity index (χ1n) is 5.60. The highest BCUT2D eigenvalue weighted by Gasteiger charge is 1.92. The van der Waals surface area contributed by atoms with E-state index in [0.717, 1.165) is 12.8 Å². The zero-order valence-electron chi connectivity index (χ0n) is 8.94. The monoisotopic (exact) mass is 184 g/mol. The molecule has 0 aliphatic heterocycles. The highest BCUT2D eigenvalue weighted by atomic mass is 14.7. The lowest BCUT2D eigenvalue weighted by Crippen LogP contribution is -2.08. The van der Waals surface area contributed by atoms with E-state index in [0.29, 0.717) is 5.84 Å². The van der Waals surface area contributed by atoms with Gasteiger partial charge in [0.2, 0.25) is 0 Å². The van der Waals surface area contributed by atoms with Crippen molar-refractivity contribution in [1.82, 2.24) is 0 Å². The van der Waals surface area contributed by atoms with Gasteiger partial charge in [0, 0.05) is 6.42 Å². The number of unbranched alkanes of at least 4 members (excludes halogenated alkanes) is 7. The van der Waals surface area contributed by atoms with E-state index in [-0.39, 0.29) is 0 Å². The Morgan fingerprint density at radius 3 is 1.85 bits per heavy atom. The maximum Gasteiger partial charge on any atom is 0.0905 e. The molecule has 0 aromatic carbocycles. The third-order valence-electron chi connectivity index (χ3n) is 2.30. The molecule has 0 aliphatic rings. The van der Waals surface area contributed by atoms with Gasteiger partial charge >= 0.3 is 0 Å². The van der Waals surface area contributed by atoms with Crippen molar-refractivity contribution in [2.24, 2.45) is 5.73 Å². The predicted octanol–water partition coefficient (Wildman–Crippen LogP) is 3.45. The third kappa shape index (κ3) is 11.5. The Balaban J connectivity index is 2.87. The van der Waals surface area contributed by atoms with Gasteiger partial charge in [-0.25, -0.2) is 0 Å². The first kappa shape index (κ1) is 12.5. The number of amidine groups is 1. The van der Waals surface area contributed by atoms with Crippen LogP contribution in [0.1, 0.15) is 64.7 Å². The van der Waals surface area contributed by atoms with Crippen LogP contribution in [0.2, 0.25) is 0 Å². The highest BCUT2D eigenvalue weighted by Crippen LogP contribution is 2.09. The molecule has 0 heterocycles. The first-order chi connectivity index (χ1) is 6.27. The molecule has 2 heteroatoms. The summed E-state index contributed by atoms with van der Waals surface area (Å²) in [5.41, 5.74) is 5.26. The SMILES string of the molecule is CCCCCCCCCCC(=N)N. The molecular formula is C11H24N2. The second-order valence-electron chi connectivity index (χ2n) is 3.75. The summed E-state index contributed by atoms with van der Waals surface area (Å²) >= 11 is 0. The van der Waals surface area contributed by atoms with Crippen molar-refractivity contribution in [2.45, 2.75) is 64.7 Å².